The van der Waals surface area contributed by atoms with Crippen molar-refractivity contribution in [3.63, 3.8) is 0 Å². The van der Waals surface area contributed by atoms with E-state index in [0.29, 0.717) is 29.3 Å². The molecule has 2 saturated carbocycles. The fraction of sp³-hybridized carbons (Fsp3) is 0.808. The molecule has 3 saturated heterocycles. The minimum Gasteiger partial charge on any atom is -1.00 e. The number of hydrogen-bond donors (Lipinski definition) is 2. The highest BCUT2D eigenvalue weighted by Gasteiger charge is 2.55. The second-order valence-electron chi connectivity index (χ2n) is 11.3. The molecule has 0 spiro atoms. The summed E-state index contributed by atoms with van der Waals surface area (Å²) < 4.78 is 12.0. The predicted octanol–water partition coefficient (Wildman–Crippen LogP) is 0.443. The van der Waals surface area contributed by atoms with Gasteiger partial charge in [0, 0.05) is 31.2 Å². The molecule has 1 amide bonds. The summed E-state index contributed by atoms with van der Waals surface area (Å²) in [6.07, 6.45) is 10.4. The van der Waals surface area contributed by atoms with Crippen molar-refractivity contribution in [1.82, 2.24) is 5.16 Å². The molecule has 6 rings (SSSR count). The maximum atomic E-state index is 13.6. The number of esters is 1. The average Bonchev–Trinajstić information content (AvgIpc) is 3.62. The molecule has 4 heterocycles. The normalized spacial score (nSPS) is 29.2. The van der Waals surface area contributed by atoms with Crippen LogP contribution >= 0.6 is 0 Å². The molecule has 0 radical (unpaired) electrons. The smallest absolute Gasteiger partial charge is 0.339 e. The molecule has 196 valence electrons. The van der Waals surface area contributed by atoms with Gasteiger partial charge >= 0.3 is 5.97 Å². The number of nitrogens with one attached hydrogen (secondary N) is 1. The second kappa shape index (κ2) is 10.9. The topological polar surface area (TPSA) is 102 Å². The van der Waals surface area contributed by atoms with Gasteiger partial charge in [0.1, 0.15) is 12.3 Å². The zero-order valence-corrected chi connectivity index (χ0v) is 22.4. The number of aliphatic hydroxyl groups is 1. The zero-order chi connectivity index (χ0) is 23.8. The van der Waals surface area contributed by atoms with Crippen molar-refractivity contribution in [2.24, 2.45) is 17.8 Å². The number of aromatic nitrogens is 1. The van der Waals surface area contributed by atoms with Crippen LogP contribution in [0.1, 0.15) is 76.9 Å². The van der Waals surface area contributed by atoms with E-state index in [1.165, 1.54) is 0 Å². The number of piperidine rings is 3. The van der Waals surface area contributed by atoms with Crippen LogP contribution in [0.2, 0.25) is 0 Å². The SMILES string of the molecule is CCc1cc(NC(=O)C[N+]23CCC(CC2)[C@@H](OC(=O)C(O)(C2CCCC2)C2CCCC2)C3)no1.[Br-]. The molecule has 9 heteroatoms. The van der Waals surface area contributed by atoms with Crippen molar-refractivity contribution in [1.29, 1.82) is 0 Å². The third kappa shape index (κ3) is 5.32. The van der Waals surface area contributed by atoms with Crippen LogP contribution < -0.4 is 22.3 Å². The van der Waals surface area contributed by atoms with E-state index in [1.807, 2.05) is 6.92 Å². The number of fused-ring (bicyclic) bond motifs is 3. The second-order valence-corrected chi connectivity index (χ2v) is 11.3. The molecule has 2 N–H and O–H groups in total. The number of carbonyl (C=O) groups is 2. The Kier molecular flexibility index (Phi) is 8.28. The summed E-state index contributed by atoms with van der Waals surface area (Å²) in [7, 11) is 0. The molecule has 2 bridgehead atoms. The largest absolute Gasteiger partial charge is 1.00 e. The lowest BCUT2D eigenvalue weighted by Gasteiger charge is -2.52. The van der Waals surface area contributed by atoms with Gasteiger partial charge in [-0.15, -0.1) is 0 Å². The van der Waals surface area contributed by atoms with Crippen LogP contribution in [0.15, 0.2) is 10.6 Å². The van der Waals surface area contributed by atoms with Crippen LogP contribution in [-0.2, 0) is 20.7 Å². The Labute approximate surface area is 218 Å². The van der Waals surface area contributed by atoms with Gasteiger partial charge in [0.2, 0.25) is 0 Å². The Bertz CT molecular complexity index is 869. The quantitative estimate of drug-likeness (QED) is 0.358. The van der Waals surface area contributed by atoms with Crippen molar-refractivity contribution in [3.8, 4) is 0 Å². The van der Waals surface area contributed by atoms with Crippen molar-refractivity contribution in [2.75, 3.05) is 31.5 Å². The van der Waals surface area contributed by atoms with Crippen LogP contribution in [0.4, 0.5) is 5.82 Å². The Morgan fingerprint density at radius 1 is 1.11 bits per heavy atom. The number of nitrogens with zero attached hydrogens (tertiary/aromatic N) is 2. The monoisotopic (exact) mass is 553 g/mol. The third-order valence-electron chi connectivity index (χ3n) is 9.24. The molecule has 1 aromatic heterocycles. The first-order chi connectivity index (χ1) is 16.4. The van der Waals surface area contributed by atoms with Gasteiger partial charge in [0.05, 0.1) is 13.1 Å². The summed E-state index contributed by atoms with van der Waals surface area (Å²) >= 11 is 0. The molecule has 1 aromatic rings. The van der Waals surface area contributed by atoms with Gasteiger partial charge in [-0.25, -0.2) is 4.79 Å². The fourth-order valence-corrected chi connectivity index (χ4v) is 7.23. The van der Waals surface area contributed by atoms with E-state index >= 15 is 0 Å². The maximum absolute atomic E-state index is 13.6. The molecule has 35 heavy (non-hydrogen) atoms. The third-order valence-corrected chi connectivity index (χ3v) is 9.24. The first-order valence-corrected chi connectivity index (χ1v) is 13.5. The van der Waals surface area contributed by atoms with E-state index in [4.69, 9.17) is 9.26 Å². The first-order valence-electron chi connectivity index (χ1n) is 13.5. The van der Waals surface area contributed by atoms with Crippen LogP contribution in [0.5, 0.6) is 0 Å². The number of hydrogen-bond acceptors (Lipinski definition) is 6. The van der Waals surface area contributed by atoms with E-state index < -0.39 is 5.60 Å². The van der Waals surface area contributed by atoms with Crippen LogP contribution in [0.3, 0.4) is 0 Å². The summed E-state index contributed by atoms with van der Waals surface area (Å²) in [5.74, 6) is 1.09. The number of aryl methyl sites for hydroxylation is 1. The molecule has 1 atom stereocenters. The molecule has 8 nitrogen and oxygen atoms in total. The summed E-state index contributed by atoms with van der Waals surface area (Å²) in [5, 5.41) is 18.6. The number of quaternary nitrogens is 1. The molecule has 5 fully saturated rings. The standard InChI is InChI=1S/C26H39N3O5.BrH/c1-2-21-15-23(28-34-21)27-24(30)17-29-13-11-18(12-14-29)22(16-29)33-25(31)26(32,19-7-3-4-8-19)20-9-5-6-10-20;/h15,18-20,22,32H,2-14,16-17H2,1H3;1H/t18?,22-,29?;/m0./s1. The van der Waals surface area contributed by atoms with Crippen molar-refractivity contribution >= 4 is 17.7 Å². The Morgan fingerprint density at radius 2 is 1.71 bits per heavy atom. The first kappa shape index (κ1) is 26.6. The zero-order valence-electron chi connectivity index (χ0n) is 20.8. The summed E-state index contributed by atoms with van der Waals surface area (Å²) in [6.45, 7) is 4.80. The lowest BCUT2D eigenvalue weighted by Crippen LogP contribution is -3.00. The molecular weight excluding hydrogens is 514 g/mol. The minimum absolute atomic E-state index is 0. The number of carbonyl (C=O) groups excluding carboxylic acids is 2. The van der Waals surface area contributed by atoms with E-state index in [0.717, 1.165) is 89.5 Å². The highest BCUT2D eigenvalue weighted by Crippen LogP contribution is 2.46. The van der Waals surface area contributed by atoms with E-state index in [-0.39, 0.29) is 46.8 Å². The average molecular weight is 555 g/mol. The summed E-state index contributed by atoms with van der Waals surface area (Å²) in [5.41, 5.74) is -1.34. The van der Waals surface area contributed by atoms with E-state index in [1.54, 1.807) is 6.07 Å². The molecule has 2 aliphatic carbocycles. The van der Waals surface area contributed by atoms with Crippen molar-refractivity contribution in [3.05, 3.63) is 11.8 Å². The fourth-order valence-electron chi connectivity index (χ4n) is 7.23. The summed E-state index contributed by atoms with van der Waals surface area (Å²) in [6, 6.07) is 1.76. The number of rotatable bonds is 8. The van der Waals surface area contributed by atoms with Crippen LogP contribution in [-0.4, -0.2) is 64.5 Å². The predicted molar refractivity (Wildman–Crippen MR) is 126 cm³/mol. The number of ether oxygens (including phenoxy) is 1. The Balaban J connectivity index is 0.00000289. The van der Waals surface area contributed by atoms with Crippen molar-refractivity contribution < 1.29 is 45.4 Å². The highest BCUT2D eigenvalue weighted by atomic mass is 79.9. The van der Waals surface area contributed by atoms with Gasteiger partial charge in [-0.1, -0.05) is 37.8 Å². The van der Waals surface area contributed by atoms with Gasteiger partial charge in [-0.2, -0.15) is 0 Å². The van der Waals surface area contributed by atoms with Gasteiger partial charge in [-0.3, -0.25) is 4.79 Å². The van der Waals surface area contributed by atoms with Crippen LogP contribution in [0.25, 0.3) is 0 Å². The van der Waals surface area contributed by atoms with Crippen LogP contribution in [0, 0.1) is 17.8 Å². The maximum Gasteiger partial charge on any atom is 0.339 e. The molecule has 3 aliphatic heterocycles. The van der Waals surface area contributed by atoms with Crippen molar-refractivity contribution in [2.45, 2.75) is 89.3 Å². The minimum atomic E-state index is -1.34. The van der Waals surface area contributed by atoms with Gasteiger partial charge in [0.15, 0.2) is 24.1 Å². The lowest BCUT2D eigenvalue weighted by atomic mass is 9.74. The van der Waals surface area contributed by atoms with E-state index in [2.05, 4.69) is 10.5 Å². The van der Waals surface area contributed by atoms with Gasteiger partial charge in [-0.05, 0) is 37.5 Å². The number of halogens is 1. The Morgan fingerprint density at radius 3 is 2.26 bits per heavy atom. The lowest BCUT2D eigenvalue weighted by molar-refractivity contribution is -0.939. The highest BCUT2D eigenvalue weighted by molar-refractivity contribution is 5.90. The molecule has 0 unspecified atom stereocenters. The van der Waals surface area contributed by atoms with Gasteiger partial charge < -0.3 is 41.1 Å². The molecule has 0 aromatic carbocycles. The van der Waals surface area contributed by atoms with E-state index in [9.17, 15) is 14.7 Å². The Hall–Kier alpha value is -1.45. The number of amides is 1. The number of anilines is 1. The molecule has 5 aliphatic rings. The van der Waals surface area contributed by atoms with Gasteiger partial charge in [0.25, 0.3) is 5.91 Å². The summed E-state index contributed by atoms with van der Waals surface area (Å²) in [4.78, 5) is 26.4. The molecular formula is C26H40BrN3O5.